The average Bonchev–Trinajstić information content (AvgIpc) is 2.76. The number of nitrogens with one attached hydrogen (secondary N) is 1. The molecule has 170 valence electrons. The van der Waals surface area contributed by atoms with E-state index in [0.717, 1.165) is 11.3 Å². The van der Waals surface area contributed by atoms with Crippen molar-refractivity contribution in [2.75, 3.05) is 32.9 Å². The van der Waals surface area contributed by atoms with Gasteiger partial charge in [-0.2, -0.15) is 0 Å². The van der Waals surface area contributed by atoms with E-state index in [1.54, 1.807) is 20.8 Å². The number of hydrogen-bond acceptors (Lipinski definition) is 7. The molecule has 1 aliphatic heterocycles. The molecule has 1 fully saturated rings. The molecule has 8 nitrogen and oxygen atoms in total. The van der Waals surface area contributed by atoms with E-state index in [4.69, 9.17) is 14.2 Å². The highest BCUT2D eigenvalue weighted by molar-refractivity contribution is 5.68. The van der Waals surface area contributed by atoms with E-state index in [-0.39, 0.29) is 6.42 Å². The predicted molar refractivity (Wildman–Crippen MR) is 113 cm³/mol. The molecular weight excluding hydrogens is 388 g/mol. The fourth-order valence-electron chi connectivity index (χ4n) is 3.34. The Morgan fingerprint density at radius 2 is 1.87 bits per heavy atom. The van der Waals surface area contributed by atoms with Gasteiger partial charge in [0.1, 0.15) is 18.0 Å². The molecule has 1 aliphatic rings. The van der Waals surface area contributed by atoms with Gasteiger partial charge in [0, 0.05) is 26.2 Å². The van der Waals surface area contributed by atoms with Crippen molar-refractivity contribution in [1.29, 1.82) is 0 Å². The molecule has 0 aromatic heterocycles. The summed E-state index contributed by atoms with van der Waals surface area (Å²) in [6, 6.07) is 7.17. The third kappa shape index (κ3) is 8.87. The number of likely N-dealkylation sites (tertiary alicyclic amines) is 1. The Morgan fingerprint density at radius 1 is 1.17 bits per heavy atom. The fourth-order valence-corrected chi connectivity index (χ4v) is 3.34. The summed E-state index contributed by atoms with van der Waals surface area (Å²) >= 11 is 0. The van der Waals surface area contributed by atoms with E-state index in [1.165, 1.54) is 0 Å². The third-order valence-corrected chi connectivity index (χ3v) is 4.64. The second kappa shape index (κ2) is 11.5. The number of alkyl carbamates (subject to hydrolysis) is 1. The van der Waals surface area contributed by atoms with Crippen LogP contribution in [0, 0.1) is 0 Å². The molecule has 1 saturated heterocycles. The predicted octanol–water partition coefficient (Wildman–Crippen LogP) is 1.92. The standard InChI is InChI=1S/C22H36N2O6/c1-5-28-10-11-29-18-8-6-16(7-9-18)13-24-14-17(25)12-19(20(26)15-24)23-21(27)30-22(2,3)4/h6-9,17,19-20,25-26H,5,10-15H2,1-4H3,(H,23,27)/t17-,19-,20-/m1/s1. The minimum Gasteiger partial charge on any atom is -0.491 e. The first-order chi connectivity index (χ1) is 14.2. The van der Waals surface area contributed by atoms with Crippen molar-refractivity contribution in [2.24, 2.45) is 0 Å². The van der Waals surface area contributed by atoms with Crippen LogP contribution in [-0.2, 0) is 16.0 Å². The van der Waals surface area contributed by atoms with Gasteiger partial charge in [-0.1, -0.05) is 12.1 Å². The molecule has 1 aromatic rings. The Labute approximate surface area is 179 Å². The highest BCUT2D eigenvalue weighted by Crippen LogP contribution is 2.18. The van der Waals surface area contributed by atoms with Gasteiger partial charge in [-0.25, -0.2) is 4.79 Å². The summed E-state index contributed by atoms with van der Waals surface area (Å²) in [7, 11) is 0. The van der Waals surface area contributed by atoms with E-state index in [9.17, 15) is 15.0 Å². The maximum atomic E-state index is 12.0. The number of benzene rings is 1. The van der Waals surface area contributed by atoms with Crippen LogP contribution in [-0.4, -0.2) is 78.0 Å². The molecule has 1 aromatic carbocycles. The van der Waals surface area contributed by atoms with E-state index < -0.39 is 29.9 Å². The lowest BCUT2D eigenvalue weighted by Gasteiger charge is -2.26. The number of β-amino-alcohol motifs (C(OH)–C–C–N with tert-alkyl or cyclic N) is 2. The van der Waals surface area contributed by atoms with Crippen LogP contribution in [0.25, 0.3) is 0 Å². The summed E-state index contributed by atoms with van der Waals surface area (Å²) < 4.78 is 16.1. The van der Waals surface area contributed by atoms with Gasteiger partial charge in [-0.05, 0) is 51.8 Å². The van der Waals surface area contributed by atoms with Crippen molar-refractivity contribution in [2.45, 2.75) is 64.5 Å². The number of aliphatic hydroxyl groups excluding tert-OH is 2. The van der Waals surface area contributed by atoms with Crippen LogP contribution in [0.15, 0.2) is 24.3 Å². The number of aliphatic hydroxyl groups is 2. The van der Waals surface area contributed by atoms with Gasteiger partial charge in [0.05, 0.1) is 24.9 Å². The minimum absolute atomic E-state index is 0.267. The van der Waals surface area contributed by atoms with Crippen molar-refractivity contribution in [3.8, 4) is 5.75 Å². The first kappa shape index (κ1) is 24.4. The number of carbonyl (C=O) groups excluding carboxylic acids is 1. The van der Waals surface area contributed by atoms with Crippen LogP contribution in [0.4, 0.5) is 4.79 Å². The Morgan fingerprint density at radius 3 is 2.50 bits per heavy atom. The Hall–Kier alpha value is -1.87. The Bertz CT molecular complexity index is 646. The van der Waals surface area contributed by atoms with Crippen LogP contribution in [0.2, 0.25) is 0 Å². The molecule has 1 amide bonds. The molecule has 0 bridgehead atoms. The van der Waals surface area contributed by atoms with Crippen molar-refractivity contribution in [3.63, 3.8) is 0 Å². The summed E-state index contributed by atoms with van der Waals surface area (Å²) in [6.45, 7) is 10.3. The SMILES string of the molecule is CCOCCOc1ccc(CN2C[C@H](O)C[C@@H](NC(=O)OC(C)(C)C)[C@H](O)C2)cc1. The number of rotatable bonds is 8. The van der Waals surface area contributed by atoms with E-state index >= 15 is 0 Å². The number of hydrogen-bond donors (Lipinski definition) is 3. The maximum absolute atomic E-state index is 12.0. The molecule has 0 spiro atoms. The summed E-state index contributed by atoms with van der Waals surface area (Å²) in [5, 5.41) is 23.7. The van der Waals surface area contributed by atoms with Crippen LogP contribution < -0.4 is 10.1 Å². The smallest absolute Gasteiger partial charge is 0.407 e. The largest absolute Gasteiger partial charge is 0.491 e. The molecule has 0 radical (unpaired) electrons. The van der Waals surface area contributed by atoms with Crippen molar-refractivity contribution in [3.05, 3.63) is 29.8 Å². The Kier molecular flexibility index (Phi) is 9.36. The average molecular weight is 425 g/mol. The van der Waals surface area contributed by atoms with Gasteiger partial charge in [-0.15, -0.1) is 0 Å². The molecule has 3 atom stereocenters. The first-order valence-corrected chi connectivity index (χ1v) is 10.5. The number of ether oxygens (including phenoxy) is 3. The second-order valence-electron chi connectivity index (χ2n) is 8.59. The van der Waals surface area contributed by atoms with E-state index in [0.29, 0.717) is 39.5 Å². The molecule has 30 heavy (non-hydrogen) atoms. The molecule has 1 heterocycles. The summed E-state index contributed by atoms with van der Waals surface area (Å²) in [6.07, 6.45) is -1.80. The van der Waals surface area contributed by atoms with E-state index in [2.05, 4.69) is 5.32 Å². The zero-order valence-corrected chi connectivity index (χ0v) is 18.5. The monoisotopic (exact) mass is 424 g/mol. The molecule has 0 aliphatic carbocycles. The van der Waals surface area contributed by atoms with Gasteiger partial charge in [0.2, 0.25) is 0 Å². The lowest BCUT2D eigenvalue weighted by molar-refractivity contribution is 0.0384. The molecule has 8 heteroatoms. The zero-order valence-electron chi connectivity index (χ0n) is 18.5. The van der Waals surface area contributed by atoms with Crippen LogP contribution in [0.1, 0.15) is 39.7 Å². The van der Waals surface area contributed by atoms with Crippen molar-refractivity contribution in [1.82, 2.24) is 10.2 Å². The van der Waals surface area contributed by atoms with Crippen molar-refractivity contribution < 1.29 is 29.2 Å². The summed E-state index contributed by atoms with van der Waals surface area (Å²) in [5.41, 5.74) is 0.425. The van der Waals surface area contributed by atoms with Crippen LogP contribution in [0.3, 0.4) is 0 Å². The van der Waals surface area contributed by atoms with Gasteiger partial charge in [-0.3, -0.25) is 4.90 Å². The molecule has 0 unspecified atom stereocenters. The highest BCUT2D eigenvalue weighted by atomic mass is 16.6. The van der Waals surface area contributed by atoms with Crippen LogP contribution in [0.5, 0.6) is 5.75 Å². The first-order valence-electron chi connectivity index (χ1n) is 10.5. The number of carbonyl (C=O) groups is 1. The van der Waals surface area contributed by atoms with Gasteiger partial charge >= 0.3 is 6.09 Å². The lowest BCUT2D eigenvalue weighted by Crippen LogP contribution is -2.48. The normalized spacial score (nSPS) is 22.9. The molecule has 2 rings (SSSR count). The molecule has 0 saturated carbocycles. The molecular formula is C22H36N2O6. The van der Waals surface area contributed by atoms with E-state index in [1.807, 2.05) is 36.1 Å². The van der Waals surface area contributed by atoms with Crippen LogP contribution >= 0.6 is 0 Å². The van der Waals surface area contributed by atoms with Crippen molar-refractivity contribution >= 4 is 6.09 Å². The second-order valence-corrected chi connectivity index (χ2v) is 8.59. The van der Waals surface area contributed by atoms with Gasteiger partial charge < -0.3 is 29.7 Å². The quantitative estimate of drug-likeness (QED) is 0.548. The lowest BCUT2D eigenvalue weighted by atomic mass is 10.1. The third-order valence-electron chi connectivity index (χ3n) is 4.64. The fraction of sp³-hybridized carbons (Fsp3) is 0.682. The maximum Gasteiger partial charge on any atom is 0.407 e. The topological polar surface area (TPSA) is 100 Å². The Balaban J connectivity index is 1.88. The zero-order chi connectivity index (χ0) is 22.1. The van der Waals surface area contributed by atoms with Gasteiger partial charge in [0.15, 0.2) is 0 Å². The minimum atomic E-state index is -0.809. The number of nitrogens with zero attached hydrogens (tertiary/aromatic N) is 1. The highest BCUT2D eigenvalue weighted by Gasteiger charge is 2.32. The summed E-state index contributed by atoms with van der Waals surface area (Å²) in [4.78, 5) is 14.0. The number of amides is 1. The summed E-state index contributed by atoms with van der Waals surface area (Å²) in [5.74, 6) is 0.774. The van der Waals surface area contributed by atoms with Gasteiger partial charge in [0.25, 0.3) is 0 Å². The molecule has 3 N–H and O–H groups in total.